The van der Waals surface area contributed by atoms with E-state index < -0.39 is 4.92 Å². The molecule has 1 unspecified atom stereocenters. The van der Waals surface area contributed by atoms with Gasteiger partial charge in [-0.15, -0.1) is 11.3 Å². The number of benzene rings is 1. The summed E-state index contributed by atoms with van der Waals surface area (Å²) in [6.45, 7) is 7.66. The molecule has 2 aromatic rings. The minimum atomic E-state index is -0.479. The molecule has 1 aromatic carbocycles. The monoisotopic (exact) mass is 387 g/mol. The van der Waals surface area contributed by atoms with Crippen LogP contribution in [0.1, 0.15) is 58.4 Å². The molecule has 0 radical (unpaired) electrons. The van der Waals surface area contributed by atoms with Crippen LogP contribution in [0.25, 0.3) is 0 Å². The highest BCUT2D eigenvalue weighted by Crippen LogP contribution is 2.31. The van der Waals surface area contributed by atoms with Gasteiger partial charge in [-0.1, -0.05) is 6.92 Å². The maximum atomic E-state index is 12.8. The second-order valence-corrected chi connectivity index (χ2v) is 8.13. The summed E-state index contributed by atoms with van der Waals surface area (Å²) in [5, 5.41) is 14.8. The van der Waals surface area contributed by atoms with E-state index in [0.717, 1.165) is 24.9 Å². The number of carbonyl (C=O) groups excluding carboxylic acids is 1. The van der Waals surface area contributed by atoms with E-state index in [2.05, 4.69) is 32.2 Å². The van der Waals surface area contributed by atoms with E-state index in [4.69, 9.17) is 0 Å². The standard InChI is InChI=1S/C20H25N3O3S/c1-4-18-13(2)11-19(27-18)14(3)21-15-7-8-17(23(25)26)16(12-15)20(24)22-9-5-6-10-22/h7-8,11-12,14,21H,4-6,9-10H2,1-3H3. The Morgan fingerprint density at radius 2 is 2.04 bits per heavy atom. The first-order chi connectivity index (χ1) is 12.9. The molecule has 144 valence electrons. The molecule has 1 aliphatic heterocycles. The van der Waals surface area contributed by atoms with Crippen LogP contribution >= 0.6 is 11.3 Å². The Morgan fingerprint density at radius 3 is 2.63 bits per heavy atom. The zero-order valence-electron chi connectivity index (χ0n) is 15.9. The van der Waals surface area contributed by atoms with Crippen molar-refractivity contribution in [3.05, 3.63) is 55.3 Å². The number of aryl methyl sites for hydroxylation is 2. The molecule has 1 aliphatic rings. The average molecular weight is 388 g/mol. The van der Waals surface area contributed by atoms with Crippen LogP contribution < -0.4 is 5.32 Å². The van der Waals surface area contributed by atoms with Gasteiger partial charge in [-0.05, 0) is 56.9 Å². The normalized spacial score (nSPS) is 15.0. The third-order valence-corrected chi connectivity index (χ3v) is 6.55. The Hall–Kier alpha value is -2.41. The molecule has 27 heavy (non-hydrogen) atoms. The van der Waals surface area contributed by atoms with Gasteiger partial charge in [0.25, 0.3) is 11.6 Å². The second-order valence-electron chi connectivity index (χ2n) is 6.96. The lowest BCUT2D eigenvalue weighted by Gasteiger charge is -2.18. The summed E-state index contributed by atoms with van der Waals surface area (Å²) in [7, 11) is 0. The molecule has 3 rings (SSSR count). The maximum absolute atomic E-state index is 12.8. The van der Waals surface area contributed by atoms with Crippen LogP contribution in [0.5, 0.6) is 0 Å². The molecule has 0 bridgehead atoms. The summed E-state index contributed by atoms with van der Waals surface area (Å²) >= 11 is 1.78. The van der Waals surface area contributed by atoms with Gasteiger partial charge in [-0.2, -0.15) is 0 Å². The van der Waals surface area contributed by atoms with Crippen LogP contribution in [0.4, 0.5) is 11.4 Å². The number of rotatable bonds is 6. The number of amides is 1. The van der Waals surface area contributed by atoms with Crippen LogP contribution in [0.15, 0.2) is 24.3 Å². The molecular weight excluding hydrogens is 362 g/mol. The number of thiophene rings is 1. The number of likely N-dealkylation sites (tertiary alicyclic amines) is 1. The largest absolute Gasteiger partial charge is 0.378 e. The zero-order valence-corrected chi connectivity index (χ0v) is 16.8. The number of carbonyl (C=O) groups is 1. The minimum absolute atomic E-state index is 0.0604. The van der Waals surface area contributed by atoms with Crippen LogP contribution in [0.2, 0.25) is 0 Å². The fraction of sp³-hybridized carbons (Fsp3) is 0.450. The quantitative estimate of drug-likeness (QED) is 0.563. The Bertz CT molecular complexity index is 856. The first kappa shape index (κ1) is 19.4. The van der Waals surface area contributed by atoms with E-state index in [1.165, 1.54) is 21.4 Å². The van der Waals surface area contributed by atoms with E-state index in [1.54, 1.807) is 28.4 Å². The highest BCUT2D eigenvalue weighted by molar-refractivity contribution is 7.12. The van der Waals surface area contributed by atoms with Gasteiger partial charge in [-0.25, -0.2) is 0 Å². The van der Waals surface area contributed by atoms with Crippen molar-refractivity contribution in [3.8, 4) is 0 Å². The molecule has 1 saturated heterocycles. The Balaban J connectivity index is 1.86. The number of nitrogens with zero attached hydrogens (tertiary/aromatic N) is 2. The maximum Gasteiger partial charge on any atom is 0.282 e. The first-order valence-corrected chi connectivity index (χ1v) is 10.2. The van der Waals surface area contributed by atoms with Gasteiger partial charge in [0.15, 0.2) is 0 Å². The van der Waals surface area contributed by atoms with E-state index >= 15 is 0 Å². The summed E-state index contributed by atoms with van der Waals surface area (Å²) < 4.78 is 0. The molecule has 0 aliphatic carbocycles. The predicted octanol–water partition coefficient (Wildman–Crippen LogP) is 4.94. The third-order valence-electron chi connectivity index (χ3n) is 4.99. The van der Waals surface area contributed by atoms with Gasteiger partial charge >= 0.3 is 0 Å². The van der Waals surface area contributed by atoms with Crippen molar-refractivity contribution in [2.24, 2.45) is 0 Å². The van der Waals surface area contributed by atoms with Crippen LogP contribution in [0, 0.1) is 17.0 Å². The molecule has 6 nitrogen and oxygen atoms in total. The van der Waals surface area contributed by atoms with Gasteiger partial charge in [0.1, 0.15) is 5.56 Å². The molecule has 1 fully saturated rings. The summed E-state index contributed by atoms with van der Waals surface area (Å²) in [4.78, 5) is 28.0. The molecule has 7 heteroatoms. The average Bonchev–Trinajstić information content (AvgIpc) is 3.30. The molecule has 0 spiro atoms. The van der Waals surface area contributed by atoms with Crippen LogP contribution in [0.3, 0.4) is 0 Å². The van der Waals surface area contributed by atoms with Gasteiger partial charge in [0.2, 0.25) is 0 Å². The lowest BCUT2D eigenvalue weighted by molar-refractivity contribution is -0.385. The van der Waals surface area contributed by atoms with E-state index in [1.807, 2.05) is 0 Å². The molecule has 1 atom stereocenters. The Labute approximate surface area is 163 Å². The van der Waals surface area contributed by atoms with Crippen molar-refractivity contribution in [2.45, 2.75) is 46.1 Å². The van der Waals surface area contributed by atoms with Crippen molar-refractivity contribution in [1.82, 2.24) is 4.90 Å². The van der Waals surface area contributed by atoms with E-state index in [9.17, 15) is 14.9 Å². The minimum Gasteiger partial charge on any atom is -0.378 e. The van der Waals surface area contributed by atoms with Crippen molar-refractivity contribution >= 4 is 28.6 Å². The lowest BCUT2D eigenvalue weighted by atomic mass is 10.1. The van der Waals surface area contributed by atoms with Crippen molar-refractivity contribution < 1.29 is 9.72 Å². The number of hydrogen-bond donors (Lipinski definition) is 1. The topological polar surface area (TPSA) is 75.5 Å². The molecule has 1 aromatic heterocycles. The number of nitro benzene ring substituents is 1. The Morgan fingerprint density at radius 1 is 1.33 bits per heavy atom. The fourth-order valence-electron chi connectivity index (χ4n) is 3.48. The number of nitrogens with one attached hydrogen (secondary N) is 1. The molecule has 1 N–H and O–H groups in total. The molecule has 0 saturated carbocycles. The smallest absolute Gasteiger partial charge is 0.282 e. The number of anilines is 1. The second kappa shape index (κ2) is 8.08. The number of hydrogen-bond acceptors (Lipinski definition) is 5. The van der Waals surface area contributed by atoms with E-state index in [0.29, 0.717) is 13.1 Å². The molecule has 2 heterocycles. The summed E-state index contributed by atoms with van der Waals surface area (Å²) in [5.74, 6) is -0.254. The van der Waals surface area contributed by atoms with Gasteiger partial charge in [0, 0.05) is 34.6 Å². The molecule has 1 amide bonds. The van der Waals surface area contributed by atoms with Crippen molar-refractivity contribution in [3.63, 3.8) is 0 Å². The summed E-state index contributed by atoms with van der Waals surface area (Å²) in [5.41, 5.74) is 2.04. The third kappa shape index (κ3) is 4.13. The zero-order chi connectivity index (χ0) is 19.6. The Kier molecular flexibility index (Phi) is 5.79. The van der Waals surface area contributed by atoms with Crippen LogP contribution in [-0.4, -0.2) is 28.8 Å². The molecular formula is C20H25N3O3S. The predicted molar refractivity (Wildman–Crippen MR) is 109 cm³/mol. The van der Waals surface area contributed by atoms with Gasteiger partial charge in [-0.3, -0.25) is 14.9 Å². The first-order valence-electron chi connectivity index (χ1n) is 9.34. The highest BCUT2D eigenvalue weighted by atomic mass is 32.1. The van der Waals surface area contributed by atoms with Gasteiger partial charge < -0.3 is 10.2 Å². The van der Waals surface area contributed by atoms with Crippen molar-refractivity contribution in [1.29, 1.82) is 0 Å². The van der Waals surface area contributed by atoms with Crippen LogP contribution in [-0.2, 0) is 6.42 Å². The summed E-state index contributed by atoms with van der Waals surface area (Å²) in [6.07, 6.45) is 2.91. The highest BCUT2D eigenvalue weighted by Gasteiger charge is 2.27. The van der Waals surface area contributed by atoms with E-state index in [-0.39, 0.29) is 23.2 Å². The summed E-state index contributed by atoms with van der Waals surface area (Å²) in [6, 6.07) is 6.97. The lowest BCUT2D eigenvalue weighted by Crippen LogP contribution is -2.28. The number of nitro groups is 1. The SMILES string of the molecule is CCc1sc(C(C)Nc2ccc([N+](=O)[O-])c(C(=O)N3CCCC3)c2)cc1C. The van der Waals surface area contributed by atoms with Crippen molar-refractivity contribution in [2.75, 3.05) is 18.4 Å². The fourth-order valence-corrected chi connectivity index (χ4v) is 4.60. The van der Waals surface area contributed by atoms with Gasteiger partial charge in [0.05, 0.1) is 11.0 Å².